The highest BCUT2D eigenvalue weighted by Crippen LogP contribution is 2.20. The van der Waals surface area contributed by atoms with Crippen molar-refractivity contribution in [1.82, 2.24) is 13.8 Å². The summed E-state index contributed by atoms with van der Waals surface area (Å²) < 4.78 is 32.6. The lowest BCUT2D eigenvalue weighted by Gasteiger charge is -2.33. The van der Waals surface area contributed by atoms with E-state index < -0.39 is 20.7 Å². The molecule has 1 amide bonds. The molecule has 1 saturated heterocycles. The molecule has 11 nitrogen and oxygen atoms in total. The summed E-state index contributed by atoms with van der Waals surface area (Å²) in [5, 5.41) is 12.0. The number of nitro groups is 1. The molecule has 2 aromatic carbocycles. The van der Waals surface area contributed by atoms with E-state index in [0.717, 1.165) is 21.6 Å². The molecule has 0 saturated carbocycles. The summed E-state index contributed by atoms with van der Waals surface area (Å²) in [4.78, 5) is 36.7. The Morgan fingerprint density at radius 2 is 1.79 bits per heavy atom. The lowest BCUT2D eigenvalue weighted by atomic mass is 10.2. The zero-order valence-electron chi connectivity index (χ0n) is 17.4. The first kappa shape index (κ1) is 22.4. The summed E-state index contributed by atoms with van der Waals surface area (Å²) in [5.41, 5.74) is 0.820. The van der Waals surface area contributed by atoms with Crippen LogP contribution in [0.25, 0.3) is 17.2 Å². The number of sulfonamides is 1. The summed E-state index contributed by atoms with van der Waals surface area (Å²) in [6.45, 7) is 0.283. The summed E-state index contributed by atoms with van der Waals surface area (Å²) >= 11 is 0. The summed E-state index contributed by atoms with van der Waals surface area (Å²) in [6, 6.07) is 12.8. The molecule has 0 spiro atoms. The van der Waals surface area contributed by atoms with E-state index in [4.69, 9.17) is 4.42 Å². The average Bonchev–Trinajstić information content (AvgIpc) is 3.12. The SMILES string of the molecule is O=C(Cn1c(=O)oc2cc([N+](=O)[O-])ccc21)N1CCN(S(=O)(=O)C=Cc2ccccc2)CC1. The van der Waals surface area contributed by atoms with E-state index in [2.05, 4.69) is 0 Å². The van der Waals surface area contributed by atoms with Crippen molar-refractivity contribution in [2.24, 2.45) is 0 Å². The number of non-ortho nitro benzene ring substituents is 1. The van der Waals surface area contributed by atoms with Crippen LogP contribution in [0.5, 0.6) is 0 Å². The second-order valence-electron chi connectivity index (χ2n) is 7.40. The third-order valence-corrected chi connectivity index (χ3v) is 6.90. The molecule has 172 valence electrons. The van der Waals surface area contributed by atoms with Gasteiger partial charge in [0.15, 0.2) is 5.58 Å². The van der Waals surface area contributed by atoms with Crippen LogP contribution >= 0.6 is 0 Å². The Hall–Kier alpha value is -3.77. The fourth-order valence-corrected chi connectivity index (χ4v) is 4.73. The molecule has 3 aromatic rings. The van der Waals surface area contributed by atoms with Gasteiger partial charge >= 0.3 is 5.76 Å². The molecule has 33 heavy (non-hydrogen) atoms. The van der Waals surface area contributed by atoms with Crippen LogP contribution in [0.4, 0.5) is 5.69 Å². The van der Waals surface area contributed by atoms with Gasteiger partial charge in [-0.3, -0.25) is 19.5 Å². The molecule has 0 unspecified atom stereocenters. The first-order chi connectivity index (χ1) is 15.7. The number of nitro benzene ring substituents is 1. The first-order valence-corrected chi connectivity index (χ1v) is 11.5. The van der Waals surface area contributed by atoms with E-state index >= 15 is 0 Å². The minimum Gasteiger partial charge on any atom is -0.407 e. The number of hydrogen-bond acceptors (Lipinski definition) is 7. The van der Waals surface area contributed by atoms with Gasteiger partial charge in [-0.15, -0.1) is 0 Å². The number of amides is 1. The highest BCUT2D eigenvalue weighted by molar-refractivity contribution is 7.92. The Morgan fingerprint density at radius 3 is 2.45 bits per heavy atom. The van der Waals surface area contributed by atoms with Crippen molar-refractivity contribution in [1.29, 1.82) is 0 Å². The number of piperazine rings is 1. The van der Waals surface area contributed by atoms with Crippen LogP contribution in [0.15, 0.2) is 63.2 Å². The lowest BCUT2D eigenvalue weighted by molar-refractivity contribution is -0.384. The number of fused-ring (bicyclic) bond motifs is 1. The maximum Gasteiger partial charge on any atom is 0.420 e. The summed E-state index contributed by atoms with van der Waals surface area (Å²) in [5.74, 6) is -1.18. The molecule has 4 rings (SSSR count). The van der Waals surface area contributed by atoms with Crippen molar-refractivity contribution in [3.63, 3.8) is 0 Å². The molecule has 0 bridgehead atoms. The molecule has 12 heteroatoms. The molecule has 1 aliphatic heterocycles. The fourth-order valence-electron chi connectivity index (χ4n) is 3.56. The van der Waals surface area contributed by atoms with Crippen LogP contribution in [0.1, 0.15) is 5.56 Å². The van der Waals surface area contributed by atoms with E-state index in [9.17, 15) is 28.1 Å². The zero-order chi connectivity index (χ0) is 23.6. The third-order valence-electron chi connectivity index (χ3n) is 5.34. The van der Waals surface area contributed by atoms with E-state index in [-0.39, 0.29) is 55.4 Å². The van der Waals surface area contributed by atoms with Gasteiger partial charge in [0.25, 0.3) is 5.69 Å². The van der Waals surface area contributed by atoms with Crippen LogP contribution < -0.4 is 5.76 Å². The number of aromatic nitrogens is 1. The summed E-state index contributed by atoms with van der Waals surface area (Å²) in [6.07, 6.45) is 1.52. The van der Waals surface area contributed by atoms with E-state index in [1.54, 1.807) is 12.1 Å². The van der Waals surface area contributed by atoms with Crippen molar-refractivity contribution in [3.8, 4) is 0 Å². The van der Waals surface area contributed by atoms with Gasteiger partial charge < -0.3 is 9.32 Å². The predicted molar refractivity (Wildman–Crippen MR) is 120 cm³/mol. The van der Waals surface area contributed by atoms with Gasteiger partial charge in [-0.25, -0.2) is 13.2 Å². The second-order valence-corrected chi connectivity index (χ2v) is 9.22. The van der Waals surface area contributed by atoms with Crippen molar-refractivity contribution in [3.05, 3.63) is 80.2 Å². The molecule has 1 fully saturated rings. The van der Waals surface area contributed by atoms with Crippen LogP contribution in [0.2, 0.25) is 0 Å². The molecule has 1 aliphatic rings. The van der Waals surface area contributed by atoms with Gasteiger partial charge in [0.1, 0.15) is 6.54 Å². The molecule has 0 N–H and O–H groups in total. The third kappa shape index (κ3) is 4.86. The summed E-state index contributed by atoms with van der Waals surface area (Å²) in [7, 11) is -3.64. The highest BCUT2D eigenvalue weighted by Gasteiger charge is 2.28. The van der Waals surface area contributed by atoms with Crippen molar-refractivity contribution in [2.75, 3.05) is 26.2 Å². The van der Waals surface area contributed by atoms with Gasteiger partial charge in [0.05, 0.1) is 16.5 Å². The quantitative estimate of drug-likeness (QED) is 0.393. The topological polar surface area (TPSA) is 136 Å². The van der Waals surface area contributed by atoms with Gasteiger partial charge in [-0.05, 0) is 17.7 Å². The Kier molecular flexibility index (Phi) is 6.11. The molecule has 1 aromatic heterocycles. The number of benzene rings is 2. The molecule has 2 heterocycles. The van der Waals surface area contributed by atoms with Crippen molar-refractivity contribution < 1.29 is 22.6 Å². The molecular formula is C21H20N4O7S. The van der Waals surface area contributed by atoms with Crippen LogP contribution in [0.3, 0.4) is 0 Å². The van der Waals surface area contributed by atoms with E-state index in [0.29, 0.717) is 0 Å². The minimum absolute atomic E-state index is 0.0168. The Balaban J connectivity index is 1.41. The average molecular weight is 472 g/mol. The van der Waals surface area contributed by atoms with Crippen LogP contribution in [-0.2, 0) is 21.4 Å². The lowest BCUT2D eigenvalue weighted by Crippen LogP contribution is -2.51. The molecule has 0 aliphatic carbocycles. The number of nitrogens with zero attached hydrogens (tertiary/aromatic N) is 4. The minimum atomic E-state index is -3.64. The molecule has 0 atom stereocenters. The maximum atomic E-state index is 12.7. The normalized spacial score (nSPS) is 15.3. The number of hydrogen-bond donors (Lipinski definition) is 0. The Morgan fingerprint density at radius 1 is 1.09 bits per heavy atom. The number of rotatable bonds is 6. The molecular weight excluding hydrogens is 452 g/mol. The maximum absolute atomic E-state index is 12.7. The fraction of sp³-hybridized carbons (Fsp3) is 0.238. The van der Waals surface area contributed by atoms with E-state index in [1.807, 2.05) is 18.2 Å². The smallest absolute Gasteiger partial charge is 0.407 e. The Bertz CT molecular complexity index is 1380. The monoisotopic (exact) mass is 472 g/mol. The van der Waals surface area contributed by atoms with Crippen LogP contribution in [-0.4, -0.2) is 59.2 Å². The molecule has 0 radical (unpaired) electrons. The zero-order valence-corrected chi connectivity index (χ0v) is 18.2. The standard InChI is InChI=1S/C21H20N4O7S/c26-20(15-24-18-7-6-17(25(28)29)14-19(18)32-21(24)27)22-9-11-23(12-10-22)33(30,31)13-8-16-4-2-1-3-5-16/h1-8,13-14H,9-12,15H2. The number of carbonyl (C=O) groups excluding carboxylic acids is 1. The highest BCUT2D eigenvalue weighted by atomic mass is 32.2. The second kappa shape index (κ2) is 9.00. The van der Waals surface area contributed by atoms with E-state index in [1.165, 1.54) is 27.4 Å². The predicted octanol–water partition coefficient (Wildman–Crippen LogP) is 1.65. The number of carbonyl (C=O) groups is 1. The largest absolute Gasteiger partial charge is 0.420 e. The van der Waals surface area contributed by atoms with Crippen molar-refractivity contribution >= 4 is 38.8 Å². The number of oxazole rings is 1. The van der Waals surface area contributed by atoms with Gasteiger partial charge in [0.2, 0.25) is 15.9 Å². The first-order valence-electron chi connectivity index (χ1n) is 10.0. The Labute approximate surface area is 188 Å². The van der Waals surface area contributed by atoms with Gasteiger partial charge in [0, 0.05) is 37.7 Å². The van der Waals surface area contributed by atoms with Gasteiger partial charge in [-0.2, -0.15) is 4.31 Å². The van der Waals surface area contributed by atoms with Gasteiger partial charge in [-0.1, -0.05) is 30.3 Å². The van der Waals surface area contributed by atoms with Crippen LogP contribution in [0, 0.1) is 10.1 Å². The van der Waals surface area contributed by atoms with Crippen molar-refractivity contribution in [2.45, 2.75) is 6.54 Å².